The first-order valence-electron chi connectivity index (χ1n) is 5.36. The molecule has 20 heavy (non-hydrogen) atoms. The van der Waals surface area contributed by atoms with Gasteiger partial charge in [0.2, 0.25) is 0 Å². The molecule has 0 bridgehead atoms. The Morgan fingerprint density at radius 3 is 2.60 bits per heavy atom. The van der Waals surface area contributed by atoms with Crippen molar-refractivity contribution < 1.29 is 31.5 Å². The van der Waals surface area contributed by atoms with E-state index in [-0.39, 0.29) is 19.4 Å². The Bertz CT molecular complexity index is 568. The number of unbranched alkanes of at least 4 members (excludes halogenated alkanes) is 1. The van der Waals surface area contributed by atoms with E-state index in [1.54, 1.807) is 0 Å². The standard InChI is InChI=1S/C9H11F3N2O4S2/c10-9(11,12)3-1-2-4-14-20(17,18)8-6(7(15)16)13-5-19-8/h5,14H,1-4H2,(H,15,16). The number of thiazole rings is 1. The highest BCUT2D eigenvalue weighted by Crippen LogP contribution is 2.22. The number of carbonyl (C=O) groups is 1. The average molecular weight is 332 g/mol. The molecular weight excluding hydrogens is 321 g/mol. The molecule has 2 N–H and O–H groups in total. The Hall–Kier alpha value is -1.20. The van der Waals surface area contributed by atoms with Gasteiger partial charge in [-0.3, -0.25) is 0 Å². The van der Waals surface area contributed by atoms with Crippen molar-refractivity contribution in [2.45, 2.75) is 29.6 Å². The average Bonchev–Trinajstić information content (AvgIpc) is 2.76. The Balaban J connectivity index is 2.54. The molecule has 0 aromatic carbocycles. The Kier molecular flexibility index (Phi) is 5.48. The van der Waals surface area contributed by atoms with Gasteiger partial charge in [-0.2, -0.15) is 13.2 Å². The number of aromatic nitrogens is 1. The molecule has 0 radical (unpaired) electrons. The molecule has 0 amide bonds. The van der Waals surface area contributed by atoms with Gasteiger partial charge in [-0.05, 0) is 12.8 Å². The van der Waals surface area contributed by atoms with Gasteiger partial charge in [0.05, 0.1) is 5.51 Å². The van der Waals surface area contributed by atoms with Gasteiger partial charge >= 0.3 is 12.1 Å². The van der Waals surface area contributed by atoms with Gasteiger partial charge in [0, 0.05) is 13.0 Å². The molecule has 1 rings (SSSR count). The molecular formula is C9H11F3N2O4S2. The molecule has 0 aliphatic rings. The number of rotatable bonds is 7. The zero-order chi connectivity index (χ0) is 15.4. The van der Waals surface area contributed by atoms with Crippen molar-refractivity contribution in [1.82, 2.24) is 9.71 Å². The lowest BCUT2D eigenvalue weighted by Crippen LogP contribution is -2.26. The molecule has 0 unspecified atom stereocenters. The fraction of sp³-hybridized carbons (Fsp3) is 0.556. The zero-order valence-electron chi connectivity index (χ0n) is 9.98. The van der Waals surface area contributed by atoms with E-state index in [1.807, 2.05) is 0 Å². The second kappa shape index (κ2) is 6.50. The fourth-order valence-electron chi connectivity index (χ4n) is 1.29. The summed E-state index contributed by atoms with van der Waals surface area (Å²) in [6, 6.07) is 0. The van der Waals surface area contributed by atoms with Crippen molar-refractivity contribution in [2.75, 3.05) is 6.54 Å². The van der Waals surface area contributed by atoms with Crippen LogP contribution >= 0.6 is 11.3 Å². The van der Waals surface area contributed by atoms with Gasteiger partial charge in [-0.1, -0.05) is 0 Å². The maximum Gasteiger partial charge on any atom is 0.389 e. The van der Waals surface area contributed by atoms with Gasteiger partial charge in [-0.15, -0.1) is 11.3 Å². The number of carboxylic acids is 1. The van der Waals surface area contributed by atoms with E-state index in [0.717, 1.165) is 5.51 Å². The van der Waals surface area contributed by atoms with Crippen LogP contribution in [-0.2, 0) is 10.0 Å². The molecule has 0 saturated carbocycles. The number of nitrogens with one attached hydrogen (secondary N) is 1. The van der Waals surface area contributed by atoms with Crippen LogP contribution in [0, 0.1) is 0 Å². The number of alkyl halides is 3. The molecule has 0 saturated heterocycles. The summed E-state index contributed by atoms with van der Waals surface area (Å²) in [6.07, 6.45) is -5.47. The van der Waals surface area contributed by atoms with Crippen LogP contribution in [0.1, 0.15) is 29.8 Å². The third-order valence-corrected chi connectivity index (χ3v) is 4.99. The lowest BCUT2D eigenvalue weighted by molar-refractivity contribution is -0.135. The predicted molar refractivity (Wildman–Crippen MR) is 64.2 cm³/mol. The molecule has 0 aliphatic carbocycles. The Morgan fingerprint density at radius 2 is 2.05 bits per heavy atom. The Morgan fingerprint density at radius 1 is 1.40 bits per heavy atom. The van der Waals surface area contributed by atoms with Gasteiger partial charge in [-0.25, -0.2) is 22.9 Å². The van der Waals surface area contributed by atoms with Crippen LogP contribution in [-0.4, -0.2) is 37.2 Å². The summed E-state index contributed by atoms with van der Waals surface area (Å²) < 4.78 is 60.7. The molecule has 11 heteroatoms. The van der Waals surface area contributed by atoms with E-state index in [9.17, 15) is 26.4 Å². The summed E-state index contributed by atoms with van der Waals surface area (Å²) in [5.41, 5.74) is 0.472. The first kappa shape index (κ1) is 16.9. The molecule has 114 valence electrons. The van der Waals surface area contributed by atoms with Crippen LogP contribution in [0.2, 0.25) is 0 Å². The maximum absolute atomic E-state index is 11.9. The van der Waals surface area contributed by atoms with Gasteiger partial charge < -0.3 is 5.11 Å². The molecule has 0 aliphatic heterocycles. The van der Waals surface area contributed by atoms with E-state index in [2.05, 4.69) is 9.71 Å². The van der Waals surface area contributed by atoms with Crippen molar-refractivity contribution in [3.05, 3.63) is 11.2 Å². The minimum atomic E-state index is -4.27. The highest BCUT2D eigenvalue weighted by atomic mass is 32.2. The van der Waals surface area contributed by atoms with Crippen LogP contribution in [0.3, 0.4) is 0 Å². The number of carboxylic acid groups (broad SMARTS) is 1. The Labute approximate surface area is 116 Å². The quantitative estimate of drug-likeness (QED) is 0.743. The number of nitrogens with zero attached hydrogens (tertiary/aromatic N) is 1. The minimum absolute atomic E-state index is 0.0000510. The number of hydrogen-bond donors (Lipinski definition) is 2. The molecule has 1 heterocycles. The van der Waals surface area contributed by atoms with Crippen LogP contribution in [0.5, 0.6) is 0 Å². The smallest absolute Gasteiger partial charge is 0.389 e. The highest BCUT2D eigenvalue weighted by molar-refractivity contribution is 7.91. The summed E-state index contributed by atoms with van der Waals surface area (Å²) in [5, 5.41) is 8.74. The second-order valence-electron chi connectivity index (χ2n) is 3.76. The monoisotopic (exact) mass is 332 g/mol. The molecule has 6 nitrogen and oxygen atoms in total. The lowest BCUT2D eigenvalue weighted by Gasteiger charge is -2.07. The molecule has 0 fully saturated rings. The van der Waals surface area contributed by atoms with Crippen molar-refractivity contribution in [3.8, 4) is 0 Å². The molecule has 1 aromatic heterocycles. The minimum Gasteiger partial charge on any atom is -0.476 e. The van der Waals surface area contributed by atoms with E-state index in [1.165, 1.54) is 0 Å². The number of hydrogen-bond acceptors (Lipinski definition) is 5. The van der Waals surface area contributed by atoms with Gasteiger partial charge in [0.15, 0.2) is 9.90 Å². The number of sulfonamides is 1. The molecule has 0 atom stereocenters. The topological polar surface area (TPSA) is 96.4 Å². The van der Waals surface area contributed by atoms with Crippen molar-refractivity contribution in [3.63, 3.8) is 0 Å². The highest BCUT2D eigenvalue weighted by Gasteiger charge is 2.27. The van der Waals surface area contributed by atoms with E-state index >= 15 is 0 Å². The van der Waals surface area contributed by atoms with E-state index < -0.39 is 38.5 Å². The maximum atomic E-state index is 11.9. The summed E-state index contributed by atoms with van der Waals surface area (Å²) in [5.74, 6) is -1.48. The van der Waals surface area contributed by atoms with Gasteiger partial charge in [0.25, 0.3) is 10.0 Å². The van der Waals surface area contributed by atoms with Crippen LogP contribution in [0.4, 0.5) is 13.2 Å². The van der Waals surface area contributed by atoms with Crippen LogP contribution in [0.15, 0.2) is 9.72 Å². The third-order valence-electron chi connectivity index (χ3n) is 2.16. The predicted octanol–water partition coefficient (Wildman–Crippen LogP) is 1.85. The third kappa shape index (κ3) is 5.06. The van der Waals surface area contributed by atoms with Crippen molar-refractivity contribution in [2.24, 2.45) is 0 Å². The van der Waals surface area contributed by atoms with Crippen molar-refractivity contribution >= 4 is 27.3 Å². The van der Waals surface area contributed by atoms with Gasteiger partial charge in [0.1, 0.15) is 0 Å². The van der Waals surface area contributed by atoms with Crippen LogP contribution < -0.4 is 4.72 Å². The summed E-state index contributed by atoms with van der Waals surface area (Å²) in [4.78, 5) is 14.2. The largest absolute Gasteiger partial charge is 0.476 e. The fourth-order valence-corrected chi connectivity index (χ4v) is 3.55. The first-order chi connectivity index (χ1) is 9.13. The SMILES string of the molecule is O=C(O)c1ncsc1S(=O)(=O)NCCCCC(F)(F)F. The second-order valence-corrected chi connectivity index (χ2v) is 6.58. The lowest BCUT2D eigenvalue weighted by atomic mass is 10.2. The van der Waals surface area contributed by atoms with Crippen molar-refractivity contribution in [1.29, 1.82) is 0 Å². The number of halogens is 3. The molecule has 1 aromatic rings. The summed E-state index contributed by atoms with van der Waals surface area (Å²) >= 11 is 0.630. The van der Waals surface area contributed by atoms with Crippen LogP contribution in [0.25, 0.3) is 0 Å². The summed E-state index contributed by atoms with van der Waals surface area (Å²) in [7, 11) is -4.06. The first-order valence-corrected chi connectivity index (χ1v) is 7.73. The summed E-state index contributed by atoms with van der Waals surface area (Å²) in [6.45, 7) is -0.199. The zero-order valence-corrected chi connectivity index (χ0v) is 11.6. The van der Waals surface area contributed by atoms with E-state index in [4.69, 9.17) is 5.11 Å². The number of aromatic carboxylic acids is 1. The normalized spacial score (nSPS) is 12.6. The molecule has 0 spiro atoms. The van der Waals surface area contributed by atoms with E-state index in [0.29, 0.717) is 11.3 Å².